The molecule has 0 saturated heterocycles. The number of carbonyl (C=O) groups is 1. The molecule has 0 atom stereocenters. The zero-order valence-corrected chi connectivity index (χ0v) is 20.5. The van der Waals surface area contributed by atoms with Crippen LogP contribution in [-0.2, 0) is 6.42 Å². The normalized spacial score (nSPS) is 11.0. The fraction of sp³-hybridized carbons (Fsp3) is 0.111. The summed E-state index contributed by atoms with van der Waals surface area (Å²) in [4.78, 5) is 29.9. The number of thiazole rings is 1. The van der Waals surface area contributed by atoms with Crippen molar-refractivity contribution in [2.24, 2.45) is 0 Å². The first-order valence-corrected chi connectivity index (χ1v) is 12.8. The second-order valence-electron chi connectivity index (χ2n) is 8.03. The largest absolute Gasteiger partial charge is 0.297 e. The molecular weight excluding hydrogens is 478 g/mol. The van der Waals surface area contributed by atoms with Gasteiger partial charge in [0.1, 0.15) is 0 Å². The Kier molecular flexibility index (Phi) is 6.39. The van der Waals surface area contributed by atoms with E-state index in [4.69, 9.17) is 4.98 Å². The molecule has 0 saturated carbocycles. The highest BCUT2D eigenvalue weighted by Crippen LogP contribution is 2.35. The quantitative estimate of drug-likeness (QED) is 0.183. The van der Waals surface area contributed by atoms with Crippen LogP contribution < -0.4 is 5.32 Å². The van der Waals surface area contributed by atoms with Crippen LogP contribution >= 0.6 is 22.7 Å². The number of nitrogens with zero attached hydrogens (tertiary/aromatic N) is 2. The molecule has 2 aromatic heterocycles. The van der Waals surface area contributed by atoms with Gasteiger partial charge in [-0.3, -0.25) is 20.2 Å². The Bertz CT molecular complexity index is 1520. The second-order valence-corrected chi connectivity index (χ2v) is 10.2. The summed E-state index contributed by atoms with van der Waals surface area (Å²) in [6, 6.07) is 24.8. The van der Waals surface area contributed by atoms with Crippen molar-refractivity contribution in [1.29, 1.82) is 0 Å². The van der Waals surface area contributed by atoms with Gasteiger partial charge >= 0.3 is 0 Å². The fourth-order valence-electron chi connectivity index (χ4n) is 3.89. The maximum atomic E-state index is 13.0. The van der Waals surface area contributed by atoms with Gasteiger partial charge in [-0.2, -0.15) is 0 Å². The molecule has 2 heterocycles. The molecular formula is C27H21N3O3S2. The van der Waals surface area contributed by atoms with Gasteiger partial charge in [0, 0.05) is 32.7 Å². The Morgan fingerprint density at radius 1 is 0.943 bits per heavy atom. The highest BCUT2D eigenvalue weighted by Gasteiger charge is 2.18. The predicted octanol–water partition coefficient (Wildman–Crippen LogP) is 7.80. The van der Waals surface area contributed by atoms with Gasteiger partial charge in [-0.15, -0.1) is 22.7 Å². The summed E-state index contributed by atoms with van der Waals surface area (Å²) in [6.07, 6.45) is 1.84. The van der Waals surface area contributed by atoms with Crippen molar-refractivity contribution in [2.75, 3.05) is 5.32 Å². The van der Waals surface area contributed by atoms with Gasteiger partial charge in [0.05, 0.1) is 15.5 Å². The molecule has 0 radical (unpaired) electrons. The lowest BCUT2D eigenvalue weighted by atomic mass is 10.0. The maximum absolute atomic E-state index is 13.0. The van der Waals surface area contributed by atoms with Crippen molar-refractivity contribution >= 4 is 49.5 Å². The minimum Gasteiger partial charge on any atom is -0.297 e. The molecule has 0 bridgehead atoms. The average molecular weight is 500 g/mol. The van der Waals surface area contributed by atoms with E-state index in [2.05, 4.69) is 48.6 Å². The number of nitrogens with one attached hydrogen (secondary N) is 1. The van der Waals surface area contributed by atoms with Crippen LogP contribution in [0.4, 0.5) is 10.8 Å². The average Bonchev–Trinajstić information content (AvgIpc) is 3.48. The van der Waals surface area contributed by atoms with Gasteiger partial charge in [-0.05, 0) is 29.7 Å². The Hall–Kier alpha value is -3.88. The number of fused-ring (bicyclic) bond motifs is 1. The molecule has 35 heavy (non-hydrogen) atoms. The first-order valence-electron chi connectivity index (χ1n) is 11.2. The van der Waals surface area contributed by atoms with E-state index >= 15 is 0 Å². The summed E-state index contributed by atoms with van der Waals surface area (Å²) in [5.74, 6) is -0.267. The summed E-state index contributed by atoms with van der Waals surface area (Å²) in [6.45, 7) is 2.12. The van der Waals surface area contributed by atoms with E-state index < -0.39 is 4.92 Å². The zero-order chi connectivity index (χ0) is 24.4. The summed E-state index contributed by atoms with van der Waals surface area (Å²) < 4.78 is 0.825. The number of carbonyl (C=O) groups excluding carboxylic acids is 1. The molecule has 0 aliphatic rings. The number of benzene rings is 3. The van der Waals surface area contributed by atoms with Crippen molar-refractivity contribution in [1.82, 2.24) is 4.98 Å². The van der Waals surface area contributed by atoms with E-state index in [0.29, 0.717) is 15.4 Å². The number of thiophene rings is 1. The van der Waals surface area contributed by atoms with E-state index in [1.807, 2.05) is 18.2 Å². The lowest BCUT2D eigenvalue weighted by molar-refractivity contribution is -0.384. The number of rotatable bonds is 7. The zero-order valence-electron chi connectivity index (χ0n) is 18.9. The van der Waals surface area contributed by atoms with Crippen LogP contribution in [0.25, 0.3) is 32.5 Å². The van der Waals surface area contributed by atoms with E-state index in [9.17, 15) is 14.9 Å². The third-order valence-corrected chi connectivity index (χ3v) is 7.74. The highest BCUT2D eigenvalue weighted by atomic mass is 32.1. The number of anilines is 1. The number of nitro benzene ring substituents is 1. The third kappa shape index (κ3) is 4.84. The smallest absolute Gasteiger partial charge is 0.270 e. The van der Waals surface area contributed by atoms with E-state index in [0.717, 1.165) is 44.8 Å². The summed E-state index contributed by atoms with van der Waals surface area (Å²) in [5, 5.41) is 15.2. The van der Waals surface area contributed by atoms with Crippen LogP contribution in [0.15, 0.2) is 78.9 Å². The van der Waals surface area contributed by atoms with Crippen molar-refractivity contribution in [3.8, 4) is 22.4 Å². The minimum absolute atomic E-state index is 0.00862. The highest BCUT2D eigenvalue weighted by molar-refractivity contribution is 7.21. The van der Waals surface area contributed by atoms with Crippen LogP contribution in [0, 0.1) is 10.1 Å². The number of aryl methyl sites for hydroxylation is 1. The van der Waals surface area contributed by atoms with Crippen LogP contribution in [0.5, 0.6) is 0 Å². The Morgan fingerprint density at radius 3 is 2.37 bits per heavy atom. The molecule has 5 rings (SSSR count). The lowest BCUT2D eigenvalue weighted by Crippen LogP contribution is -2.09. The number of hydrogen-bond acceptors (Lipinski definition) is 6. The van der Waals surface area contributed by atoms with E-state index in [-0.39, 0.29) is 11.6 Å². The molecule has 0 fully saturated rings. The fourth-order valence-corrected chi connectivity index (χ4v) is 5.91. The molecule has 5 aromatic rings. The van der Waals surface area contributed by atoms with Crippen LogP contribution in [0.1, 0.15) is 27.9 Å². The van der Waals surface area contributed by atoms with Gasteiger partial charge in [0.15, 0.2) is 5.13 Å². The number of nitro groups is 1. The van der Waals surface area contributed by atoms with Gasteiger partial charge in [0.2, 0.25) is 0 Å². The van der Waals surface area contributed by atoms with Gasteiger partial charge in [0.25, 0.3) is 11.6 Å². The van der Waals surface area contributed by atoms with Crippen molar-refractivity contribution in [3.63, 3.8) is 0 Å². The number of aromatic nitrogens is 1. The summed E-state index contributed by atoms with van der Waals surface area (Å²) in [7, 11) is 0. The van der Waals surface area contributed by atoms with Gasteiger partial charge in [-0.25, -0.2) is 4.98 Å². The standard InChI is InChI=1S/C27H21N3O3S2/c1-2-6-23-25(19-11-9-18(10-12-19)17-7-4-3-5-8-17)28-27(35-23)29-26(31)24-16-20-15-21(30(32)33)13-14-22(20)34-24/h3-5,7-16H,2,6H2,1H3,(H,28,29,31). The SMILES string of the molecule is CCCc1sc(NC(=O)c2cc3cc([N+](=O)[O-])ccc3s2)nc1-c1ccc(-c2ccccc2)cc1. The summed E-state index contributed by atoms with van der Waals surface area (Å²) in [5.41, 5.74) is 4.21. The number of amides is 1. The summed E-state index contributed by atoms with van der Waals surface area (Å²) >= 11 is 2.79. The lowest BCUT2D eigenvalue weighted by Gasteiger charge is -2.04. The third-order valence-electron chi connectivity index (χ3n) is 5.59. The topological polar surface area (TPSA) is 85.1 Å². The molecule has 0 aliphatic carbocycles. The Balaban J connectivity index is 1.40. The van der Waals surface area contributed by atoms with E-state index in [1.54, 1.807) is 12.1 Å². The number of hydrogen-bond donors (Lipinski definition) is 1. The van der Waals surface area contributed by atoms with E-state index in [1.165, 1.54) is 34.8 Å². The minimum atomic E-state index is -0.435. The molecule has 0 spiro atoms. The maximum Gasteiger partial charge on any atom is 0.270 e. The molecule has 1 N–H and O–H groups in total. The van der Waals surface area contributed by atoms with Crippen LogP contribution in [0.3, 0.4) is 0 Å². The molecule has 1 amide bonds. The molecule has 6 nitrogen and oxygen atoms in total. The molecule has 174 valence electrons. The molecule has 3 aromatic carbocycles. The van der Waals surface area contributed by atoms with Gasteiger partial charge < -0.3 is 0 Å². The molecule has 0 aliphatic heterocycles. The van der Waals surface area contributed by atoms with Gasteiger partial charge in [-0.1, -0.05) is 67.9 Å². The van der Waals surface area contributed by atoms with Crippen molar-refractivity contribution in [2.45, 2.75) is 19.8 Å². The Labute approximate surface area is 210 Å². The molecule has 8 heteroatoms. The second kappa shape index (κ2) is 9.77. The number of non-ortho nitro benzene ring substituents is 1. The monoisotopic (exact) mass is 499 g/mol. The predicted molar refractivity (Wildman–Crippen MR) is 143 cm³/mol. The van der Waals surface area contributed by atoms with Crippen molar-refractivity contribution in [3.05, 3.63) is 98.7 Å². The first-order chi connectivity index (χ1) is 17.0. The Morgan fingerprint density at radius 2 is 1.66 bits per heavy atom. The van der Waals surface area contributed by atoms with Crippen molar-refractivity contribution < 1.29 is 9.72 Å². The van der Waals surface area contributed by atoms with Crippen LogP contribution in [0.2, 0.25) is 0 Å². The molecule has 0 unspecified atom stereocenters. The first kappa shape index (κ1) is 22.9. The van der Waals surface area contributed by atoms with Crippen LogP contribution in [-0.4, -0.2) is 15.8 Å².